The van der Waals surface area contributed by atoms with E-state index in [4.69, 9.17) is 4.74 Å². The molecule has 4 heteroatoms. The molecule has 1 N–H and O–H groups in total. The minimum absolute atomic E-state index is 0.00533. The van der Waals surface area contributed by atoms with Crippen LogP contribution in [-0.2, 0) is 16.6 Å². The van der Waals surface area contributed by atoms with Crippen LogP contribution in [0.15, 0.2) is 48.5 Å². The van der Waals surface area contributed by atoms with Gasteiger partial charge in [-0.1, -0.05) is 36.8 Å². The Kier molecular flexibility index (Phi) is 4.84. The Labute approximate surface area is 141 Å². The third kappa shape index (κ3) is 3.14. The summed E-state index contributed by atoms with van der Waals surface area (Å²) in [6.45, 7) is 0.538. The quantitative estimate of drug-likeness (QED) is 0.880. The standard InChI is InChI=1S/C20H22FNO2/c1-24-18-9-3-2-6-15(18)10-13-22-19(23)20(11-5-12-20)16-7-4-8-17(21)14-16/h2-4,6-9,14H,5,10-13H2,1H3,(H,22,23). The first-order valence-electron chi connectivity index (χ1n) is 8.32. The first-order valence-corrected chi connectivity index (χ1v) is 8.32. The van der Waals surface area contributed by atoms with Crippen LogP contribution in [0.25, 0.3) is 0 Å². The fraction of sp³-hybridized carbons (Fsp3) is 0.350. The highest BCUT2D eigenvalue weighted by atomic mass is 19.1. The molecule has 0 atom stereocenters. The van der Waals surface area contributed by atoms with Gasteiger partial charge in [0.1, 0.15) is 11.6 Å². The molecule has 2 aromatic carbocycles. The number of methoxy groups -OCH3 is 1. The highest BCUT2D eigenvalue weighted by Gasteiger charge is 2.45. The number of para-hydroxylation sites is 1. The van der Waals surface area contributed by atoms with Gasteiger partial charge in [-0.15, -0.1) is 0 Å². The molecule has 1 aliphatic rings. The Bertz CT molecular complexity index is 725. The van der Waals surface area contributed by atoms with Gasteiger partial charge in [0.05, 0.1) is 12.5 Å². The Morgan fingerprint density at radius 3 is 2.67 bits per heavy atom. The number of amides is 1. The van der Waals surface area contributed by atoms with E-state index in [1.54, 1.807) is 13.2 Å². The largest absolute Gasteiger partial charge is 0.496 e. The van der Waals surface area contributed by atoms with Gasteiger partial charge in [0.25, 0.3) is 0 Å². The summed E-state index contributed by atoms with van der Waals surface area (Å²) >= 11 is 0. The molecule has 1 fully saturated rings. The maximum absolute atomic E-state index is 13.5. The average Bonchev–Trinajstić information content (AvgIpc) is 2.54. The highest BCUT2D eigenvalue weighted by molar-refractivity contribution is 5.89. The predicted octanol–water partition coefficient (Wildman–Crippen LogP) is 3.61. The van der Waals surface area contributed by atoms with Gasteiger partial charge in [-0.05, 0) is 48.6 Å². The molecule has 126 valence electrons. The summed E-state index contributed by atoms with van der Waals surface area (Å²) in [6.07, 6.45) is 3.25. The smallest absolute Gasteiger partial charge is 0.230 e. The third-order valence-electron chi connectivity index (χ3n) is 4.89. The summed E-state index contributed by atoms with van der Waals surface area (Å²) in [5.41, 5.74) is 1.28. The molecule has 1 amide bonds. The van der Waals surface area contributed by atoms with Crippen LogP contribution in [0.3, 0.4) is 0 Å². The van der Waals surface area contributed by atoms with Crippen molar-refractivity contribution < 1.29 is 13.9 Å². The maximum Gasteiger partial charge on any atom is 0.230 e. The molecule has 0 radical (unpaired) electrons. The molecule has 2 aromatic rings. The molecule has 0 aliphatic heterocycles. The Hall–Kier alpha value is -2.36. The molecule has 1 saturated carbocycles. The number of rotatable bonds is 6. The van der Waals surface area contributed by atoms with Gasteiger partial charge < -0.3 is 10.1 Å². The van der Waals surface area contributed by atoms with Gasteiger partial charge in [0.15, 0.2) is 0 Å². The molecule has 0 saturated heterocycles. The average molecular weight is 327 g/mol. The van der Waals surface area contributed by atoms with Gasteiger partial charge in [0.2, 0.25) is 5.91 Å². The van der Waals surface area contributed by atoms with E-state index >= 15 is 0 Å². The van der Waals surface area contributed by atoms with Crippen molar-refractivity contribution in [3.8, 4) is 5.75 Å². The first-order chi connectivity index (χ1) is 11.7. The maximum atomic E-state index is 13.5. The van der Waals surface area contributed by atoms with Crippen molar-refractivity contribution >= 4 is 5.91 Å². The number of carbonyl (C=O) groups is 1. The van der Waals surface area contributed by atoms with Crippen molar-refractivity contribution in [2.45, 2.75) is 31.1 Å². The van der Waals surface area contributed by atoms with E-state index in [2.05, 4.69) is 5.32 Å². The minimum Gasteiger partial charge on any atom is -0.496 e. The summed E-state index contributed by atoms with van der Waals surface area (Å²) in [5.74, 6) is 0.532. The van der Waals surface area contributed by atoms with Crippen LogP contribution >= 0.6 is 0 Å². The van der Waals surface area contributed by atoms with Crippen molar-refractivity contribution in [1.29, 1.82) is 0 Å². The molecule has 0 bridgehead atoms. The second-order valence-electron chi connectivity index (χ2n) is 6.26. The van der Waals surface area contributed by atoms with Crippen LogP contribution in [0.4, 0.5) is 4.39 Å². The predicted molar refractivity (Wildman–Crippen MR) is 91.6 cm³/mol. The number of halogens is 1. The molecule has 3 rings (SSSR count). The van der Waals surface area contributed by atoms with Crippen LogP contribution in [0.1, 0.15) is 30.4 Å². The molecule has 0 heterocycles. The summed E-state index contributed by atoms with van der Waals surface area (Å²) < 4.78 is 18.9. The Balaban J connectivity index is 1.65. The third-order valence-corrected chi connectivity index (χ3v) is 4.89. The minimum atomic E-state index is -0.567. The number of benzene rings is 2. The molecule has 0 spiro atoms. The van der Waals surface area contributed by atoms with E-state index in [0.29, 0.717) is 13.0 Å². The van der Waals surface area contributed by atoms with E-state index in [9.17, 15) is 9.18 Å². The van der Waals surface area contributed by atoms with Gasteiger partial charge in [0, 0.05) is 6.54 Å². The normalized spacial score (nSPS) is 15.4. The zero-order chi connectivity index (χ0) is 17.0. The number of nitrogens with one attached hydrogen (secondary N) is 1. The zero-order valence-corrected chi connectivity index (χ0v) is 13.8. The van der Waals surface area contributed by atoms with Gasteiger partial charge in [-0.25, -0.2) is 4.39 Å². The van der Waals surface area contributed by atoms with Crippen LogP contribution in [0, 0.1) is 5.82 Å². The van der Waals surface area contributed by atoms with Crippen molar-refractivity contribution in [3.05, 3.63) is 65.5 Å². The molecule has 0 unspecified atom stereocenters. The molecule has 3 nitrogen and oxygen atoms in total. The second-order valence-corrected chi connectivity index (χ2v) is 6.26. The lowest BCUT2D eigenvalue weighted by molar-refractivity contribution is -0.129. The monoisotopic (exact) mass is 327 g/mol. The number of ether oxygens (including phenoxy) is 1. The lowest BCUT2D eigenvalue weighted by Crippen LogP contribution is -2.49. The summed E-state index contributed by atoms with van der Waals surface area (Å²) in [5, 5.41) is 3.03. The van der Waals surface area contributed by atoms with E-state index in [0.717, 1.165) is 36.1 Å². The molecular formula is C20H22FNO2. The van der Waals surface area contributed by atoms with Crippen molar-refractivity contribution in [1.82, 2.24) is 5.32 Å². The molecular weight excluding hydrogens is 305 g/mol. The topological polar surface area (TPSA) is 38.3 Å². The van der Waals surface area contributed by atoms with E-state index < -0.39 is 5.41 Å². The first kappa shape index (κ1) is 16.5. The van der Waals surface area contributed by atoms with Crippen LogP contribution in [-0.4, -0.2) is 19.6 Å². The van der Waals surface area contributed by atoms with Crippen molar-refractivity contribution in [2.75, 3.05) is 13.7 Å². The van der Waals surface area contributed by atoms with Crippen molar-refractivity contribution in [2.24, 2.45) is 0 Å². The van der Waals surface area contributed by atoms with Gasteiger partial charge in [-0.3, -0.25) is 4.79 Å². The Morgan fingerprint density at radius 1 is 1.21 bits per heavy atom. The van der Waals surface area contributed by atoms with Gasteiger partial charge >= 0.3 is 0 Å². The summed E-state index contributed by atoms with van der Waals surface area (Å²) in [4.78, 5) is 12.7. The van der Waals surface area contributed by atoms with Crippen LogP contribution < -0.4 is 10.1 Å². The Morgan fingerprint density at radius 2 is 2.00 bits per heavy atom. The summed E-state index contributed by atoms with van der Waals surface area (Å²) in [7, 11) is 1.64. The lowest BCUT2D eigenvalue weighted by Gasteiger charge is -2.40. The fourth-order valence-corrected chi connectivity index (χ4v) is 3.35. The van der Waals surface area contributed by atoms with Crippen LogP contribution in [0.2, 0.25) is 0 Å². The van der Waals surface area contributed by atoms with E-state index in [-0.39, 0.29) is 11.7 Å². The van der Waals surface area contributed by atoms with E-state index in [1.165, 1.54) is 12.1 Å². The second kappa shape index (κ2) is 7.04. The SMILES string of the molecule is COc1ccccc1CCNC(=O)C1(c2cccc(F)c2)CCC1. The summed E-state index contributed by atoms with van der Waals surface area (Å²) in [6, 6.07) is 14.2. The molecule has 0 aromatic heterocycles. The van der Waals surface area contributed by atoms with E-state index in [1.807, 2.05) is 30.3 Å². The number of hydrogen-bond donors (Lipinski definition) is 1. The van der Waals surface area contributed by atoms with Gasteiger partial charge in [-0.2, -0.15) is 0 Å². The number of hydrogen-bond acceptors (Lipinski definition) is 2. The molecule has 1 aliphatic carbocycles. The van der Waals surface area contributed by atoms with Crippen molar-refractivity contribution in [3.63, 3.8) is 0 Å². The van der Waals surface area contributed by atoms with Crippen LogP contribution in [0.5, 0.6) is 5.75 Å². The zero-order valence-electron chi connectivity index (χ0n) is 13.8. The number of carbonyl (C=O) groups excluding carboxylic acids is 1. The molecule has 24 heavy (non-hydrogen) atoms. The fourth-order valence-electron chi connectivity index (χ4n) is 3.35. The highest BCUT2D eigenvalue weighted by Crippen LogP contribution is 2.44. The lowest BCUT2D eigenvalue weighted by atomic mass is 9.64.